The number of hydrogen-bond acceptors (Lipinski definition) is 4. The van der Waals surface area contributed by atoms with E-state index in [1.165, 1.54) is 6.92 Å². The largest absolute Gasteiger partial charge is 0.482 e. The van der Waals surface area contributed by atoms with Gasteiger partial charge in [-0.1, -0.05) is 43.6 Å². The first-order chi connectivity index (χ1) is 13.2. The fourth-order valence-corrected chi connectivity index (χ4v) is 2.82. The highest BCUT2D eigenvalue weighted by atomic mass is 35.5. The van der Waals surface area contributed by atoms with Gasteiger partial charge in [-0.05, 0) is 61.6 Å². The maximum absolute atomic E-state index is 12.5. The number of anilines is 1. The van der Waals surface area contributed by atoms with Crippen LogP contribution in [0.25, 0.3) is 0 Å². The van der Waals surface area contributed by atoms with Crippen molar-refractivity contribution < 1.29 is 19.1 Å². The van der Waals surface area contributed by atoms with Crippen LogP contribution in [0.1, 0.15) is 43.4 Å². The zero-order chi connectivity index (χ0) is 20.8. The van der Waals surface area contributed by atoms with Gasteiger partial charge in [0.25, 0.3) is 5.91 Å². The van der Waals surface area contributed by atoms with E-state index in [0.29, 0.717) is 10.8 Å². The summed E-state index contributed by atoms with van der Waals surface area (Å²) in [5.74, 6) is -0.238. The van der Waals surface area contributed by atoms with E-state index in [4.69, 9.17) is 21.1 Å². The molecule has 0 spiro atoms. The maximum atomic E-state index is 12.5. The van der Waals surface area contributed by atoms with Crippen molar-refractivity contribution in [3.63, 3.8) is 0 Å². The molecule has 28 heavy (non-hydrogen) atoms. The molecule has 0 heterocycles. The lowest BCUT2D eigenvalue weighted by molar-refractivity contribution is -0.155. The summed E-state index contributed by atoms with van der Waals surface area (Å²) in [4.78, 5) is 24.5. The predicted octanol–water partition coefficient (Wildman–Crippen LogP) is 5.03. The van der Waals surface area contributed by atoms with Crippen LogP contribution in [-0.2, 0) is 14.3 Å². The van der Waals surface area contributed by atoms with Crippen LogP contribution in [-0.4, -0.2) is 24.6 Å². The zero-order valence-corrected chi connectivity index (χ0v) is 17.6. The number of halogens is 1. The van der Waals surface area contributed by atoms with Crippen molar-refractivity contribution >= 4 is 29.2 Å². The van der Waals surface area contributed by atoms with Crippen LogP contribution in [0.4, 0.5) is 5.69 Å². The molecule has 0 radical (unpaired) electrons. The van der Waals surface area contributed by atoms with E-state index in [9.17, 15) is 9.59 Å². The lowest BCUT2D eigenvalue weighted by Gasteiger charge is -2.19. The predicted molar refractivity (Wildman–Crippen MR) is 111 cm³/mol. The average molecular weight is 404 g/mol. The molecule has 0 fully saturated rings. The minimum atomic E-state index is -0.942. The van der Waals surface area contributed by atoms with Crippen molar-refractivity contribution in [1.29, 1.82) is 0 Å². The number of amides is 1. The quantitative estimate of drug-likeness (QED) is 0.658. The van der Waals surface area contributed by atoms with Gasteiger partial charge in [-0.2, -0.15) is 0 Å². The number of carbonyl (C=O) groups is 2. The van der Waals surface area contributed by atoms with Gasteiger partial charge in [-0.3, -0.25) is 4.79 Å². The van der Waals surface area contributed by atoms with Gasteiger partial charge in [-0.15, -0.1) is 0 Å². The third kappa shape index (κ3) is 5.73. The third-order valence-electron chi connectivity index (χ3n) is 4.34. The summed E-state index contributed by atoms with van der Waals surface area (Å²) in [5, 5.41) is 3.50. The number of para-hydroxylation sites is 1. The minimum Gasteiger partial charge on any atom is -0.482 e. The van der Waals surface area contributed by atoms with Gasteiger partial charge in [0.2, 0.25) is 0 Å². The Bertz CT molecular complexity index is 864. The summed E-state index contributed by atoms with van der Waals surface area (Å²) in [5.41, 5.74) is 3.60. The Morgan fingerprint density at radius 3 is 2.43 bits per heavy atom. The molecule has 2 rings (SSSR count). The Morgan fingerprint density at radius 1 is 1.07 bits per heavy atom. The molecule has 0 saturated heterocycles. The number of esters is 1. The van der Waals surface area contributed by atoms with Crippen molar-refractivity contribution in [3.8, 4) is 5.75 Å². The summed E-state index contributed by atoms with van der Waals surface area (Å²) in [6.45, 7) is 9.14. The summed E-state index contributed by atoms with van der Waals surface area (Å²) in [6, 6.07) is 11.0. The maximum Gasteiger partial charge on any atom is 0.344 e. The highest BCUT2D eigenvalue weighted by Gasteiger charge is 2.20. The molecule has 0 aliphatic heterocycles. The molecule has 1 amide bonds. The van der Waals surface area contributed by atoms with E-state index in [1.54, 1.807) is 18.2 Å². The Balaban J connectivity index is 1.93. The molecule has 0 bridgehead atoms. The summed E-state index contributed by atoms with van der Waals surface area (Å²) >= 11 is 5.96. The van der Waals surface area contributed by atoms with Gasteiger partial charge in [0.05, 0.1) is 0 Å². The number of hydrogen-bond donors (Lipinski definition) is 1. The Labute approximate surface area is 171 Å². The fourth-order valence-electron chi connectivity index (χ4n) is 2.70. The van der Waals surface area contributed by atoms with Gasteiger partial charge < -0.3 is 14.8 Å². The molecule has 5 nitrogen and oxygen atoms in total. The molecular formula is C22H26ClNO4. The van der Waals surface area contributed by atoms with Crippen LogP contribution in [0.5, 0.6) is 5.75 Å². The number of benzene rings is 2. The molecule has 6 heteroatoms. The summed E-state index contributed by atoms with van der Waals surface area (Å²) in [6.07, 6.45) is -0.942. The highest BCUT2D eigenvalue weighted by molar-refractivity contribution is 6.31. The molecule has 150 valence electrons. The first kappa shape index (κ1) is 21.8. The smallest absolute Gasteiger partial charge is 0.344 e. The van der Waals surface area contributed by atoms with Gasteiger partial charge >= 0.3 is 5.97 Å². The second kappa shape index (κ2) is 9.60. The topological polar surface area (TPSA) is 64.6 Å². The molecule has 0 aliphatic carbocycles. The fraction of sp³-hybridized carbons (Fsp3) is 0.364. The number of carbonyl (C=O) groups excluding carboxylic acids is 2. The lowest BCUT2D eigenvalue weighted by Crippen LogP contribution is -2.32. The zero-order valence-electron chi connectivity index (χ0n) is 16.8. The molecule has 0 aliphatic rings. The Morgan fingerprint density at radius 2 is 1.79 bits per heavy atom. The molecule has 0 saturated carbocycles. The molecule has 2 aromatic carbocycles. The van der Waals surface area contributed by atoms with Crippen LogP contribution >= 0.6 is 11.6 Å². The molecule has 2 aromatic rings. The van der Waals surface area contributed by atoms with E-state index in [2.05, 4.69) is 19.2 Å². The monoisotopic (exact) mass is 403 g/mol. The normalized spacial score (nSPS) is 11.8. The van der Waals surface area contributed by atoms with Gasteiger partial charge in [0.15, 0.2) is 12.7 Å². The number of nitrogens with one attached hydrogen (secondary N) is 1. The molecule has 1 N–H and O–H groups in total. The lowest BCUT2D eigenvalue weighted by atomic mass is 9.98. The highest BCUT2D eigenvalue weighted by Crippen LogP contribution is 2.27. The molecule has 0 aromatic heterocycles. The van der Waals surface area contributed by atoms with Crippen LogP contribution in [0.2, 0.25) is 5.02 Å². The second-order valence-electron chi connectivity index (χ2n) is 7.01. The van der Waals surface area contributed by atoms with Crippen LogP contribution in [0.15, 0.2) is 36.4 Å². The molecule has 0 unspecified atom stereocenters. The van der Waals surface area contributed by atoms with E-state index in [0.717, 1.165) is 22.4 Å². The Kier molecular flexibility index (Phi) is 7.46. The summed E-state index contributed by atoms with van der Waals surface area (Å²) in [7, 11) is 0. The standard InChI is InChI=1S/C22H26ClNO4/c1-13(2)18-8-6-7-14(3)21(18)24-22(26)16(5)28-20(25)12-27-17-9-10-19(23)15(4)11-17/h6-11,13,16H,12H2,1-5H3,(H,24,26)/t16-/m0/s1. The first-order valence-corrected chi connectivity index (χ1v) is 9.55. The second-order valence-corrected chi connectivity index (χ2v) is 7.42. The SMILES string of the molecule is Cc1cc(OCC(=O)O[C@@H](C)C(=O)Nc2c(C)cccc2C(C)C)ccc1Cl. The first-order valence-electron chi connectivity index (χ1n) is 9.17. The van der Waals surface area contributed by atoms with Gasteiger partial charge in [0, 0.05) is 10.7 Å². The van der Waals surface area contributed by atoms with E-state index in [1.807, 2.05) is 32.0 Å². The van der Waals surface area contributed by atoms with Crippen LogP contribution in [0, 0.1) is 13.8 Å². The van der Waals surface area contributed by atoms with E-state index >= 15 is 0 Å². The number of aryl methyl sites for hydroxylation is 2. The van der Waals surface area contributed by atoms with Crippen LogP contribution < -0.4 is 10.1 Å². The molecule has 1 atom stereocenters. The van der Waals surface area contributed by atoms with Crippen LogP contribution in [0.3, 0.4) is 0 Å². The van der Waals surface area contributed by atoms with Crippen molar-refractivity contribution in [2.24, 2.45) is 0 Å². The average Bonchev–Trinajstić information content (AvgIpc) is 2.64. The van der Waals surface area contributed by atoms with Crippen molar-refractivity contribution in [2.75, 3.05) is 11.9 Å². The Hall–Kier alpha value is -2.53. The number of ether oxygens (including phenoxy) is 2. The minimum absolute atomic E-state index is 0.254. The van der Waals surface area contributed by atoms with E-state index < -0.39 is 12.1 Å². The van der Waals surface area contributed by atoms with Gasteiger partial charge in [0.1, 0.15) is 5.75 Å². The van der Waals surface area contributed by atoms with Crippen molar-refractivity contribution in [2.45, 2.75) is 46.6 Å². The summed E-state index contributed by atoms with van der Waals surface area (Å²) < 4.78 is 10.6. The number of rotatable bonds is 7. The van der Waals surface area contributed by atoms with E-state index in [-0.39, 0.29) is 18.4 Å². The molecular weight excluding hydrogens is 378 g/mol. The van der Waals surface area contributed by atoms with Crippen molar-refractivity contribution in [3.05, 3.63) is 58.1 Å². The van der Waals surface area contributed by atoms with Crippen molar-refractivity contribution in [1.82, 2.24) is 0 Å². The third-order valence-corrected chi connectivity index (χ3v) is 4.76. The van der Waals surface area contributed by atoms with Gasteiger partial charge in [-0.25, -0.2) is 4.79 Å².